The molecule has 1 heterocycles. The van der Waals surface area contributed by atoms with E-state index in [-0.39, 0.29) is 12.1 Å². The Hall–Kier alpha value is -2.88. The predicted octanol–water partition coefficient (Wildman–Crippen LogP) is 4.16. The van der Waals surface area contributed by atoms with Crippen LogP contribution in [-0.4, -0.2) is 31.3 Å². The molecule has 10 heteroatoms. The summed E-state index contributed by atoms with van der Waals surface area (Å²) in [6.45, 7) is 0. The van der Waals surface area contributed by atoms with Crippen LogP contribution in [0.25, 0.3) is 0 Å². The first kappa shape index (κ1) is 20.8. The Morgan fingerprint density at radius 1 is 1.17 bits per heavy atom. The maximum atomic E-state index is 12.8. The summed E-state index contributed by atoms with van der Waals surface area (Å²) >= 11 is 1.05. The molecule has 2 N–H and O–H groups in total. The second-order valence-electron chi connectivity index (χ2n) is 6.12. The molecule has 6 nitrogen and oxygen atoms in total. The number of thioether (sulfide) groups is 1. The molecule has 0 radical (unpaired) electrons. The fourth-order valence-corrected chi connectivity index (χ4v) is 3.82. The van der Waals surface area contributed by atoms with Crippen LogP contribution < -0.4 is 20.1 Å². The number of amides is 2. The summed E-state index contributed by atoms with van der Waals surface area (Å²) in [7, 11) is 2.95. The van der Waals surface area contributed by atoms with Gasteiger partial charge in [-0.15, -0.1) is 11.8 Å². The molecule has 0 saturated carbocycles. The van der Waals surface area contributed by atoms with Crippen molar-refractivity contribution in [3.63, 3.8) is 0 Å². The van der Waals surface area contributed by atoms with Gasteiger partial charge in [0.15, 0.2) is 0 Å². The molecular formula is C19H17F3N2O4S. The van der Waals surface area contributed by atoms with Gasteiger partial charge >= 0.3 is 6.18 Å². The summed E-state index contributed by atoms with van der Waals surface area (Å²) in [5.41, 5.74) is -0.349. The van der Waals surface area contributed by atoms with Crippen LogP contribution in [0, 0.1) is 0 Å². The lowest BCUT2D eigenvalue weighted by Gasteiger charge is -2.24. The lowest BCUT2D eigenvalue weighted by molar-refractivity contribution is -0.137. The van der Waals surface area contributed by atoms with Crippen molar-refractivity contribution in [1.82, 2.24) is 0 Å². The van der Waals surface area contributed by atoms with Crippen molar-refractivity contribution in [2.24, 2.45) is 0 Å². The first-order valence-corrected chi connectivity index (χ1v) is 9.30. The van der Waals surface area contributed by atoms with Gasteiger partial charge in [0, 0.05) is 17.4 Å². The number of alkyl halides is 3. The maximum Gasteiger partial charge on any atom is 0.416 e. The number of fused-ring (bicyclic) bond motifs is 1. The lowest BCUT2D eigenvalue weighted by atomic mass is 10.1. The smallest absolute Gasteiger partial charge is 0.416 e. The first-order valence-electron chi connectivity index (χ1n) is 8.42. The van der Waals surface area contributed by atoms with E-state index in [2.05, 4.69) is 10.6 Å². The summed E-state index contributed by atoms with van der Waals surface area (Å²) in [6, 6.07) is 7.99. The van der Waals surface area contributed by atoms with E-state index in [0.29, 0.717) is 22.1 Å². The van der Waals surface area contributed by atoms with Gasteiger partial charge in [-0.1, -0.05) is 0 Å². The molecule has 2 aromatic carbocycles. The SMILES string of the molecule is COc1ccc(NC(=O)C[C@H]2Sc3ccc(C(F)(F)F)cc3NC2=O)c(OC)c1. The molecule has 0 spiro atoms. The lowest BCUT2D eigenvalue weighted by Crippen LogP contribution is -2.32. The van der Waals surface area contributed by atoms with Crippen LogP contribution >= 0.6 is 11.8 Å². The third-order valence-corrected chi connectivity index (χ3v) is 5.46. The van der Waals surface area contributed by atoms with Crippen molar-refractivity contribution >= 4 is 35.0 Å². The van der Waals surface area contributed by atoms with Crippen molar-refractivity contribution in [3.05, 3.63) is 42.0 Å². The number of methoxy groups -OCH3 is 2. The molecular weight excluding hydrogens is 409 g/mol. The number of hydrogen-bond donors (Lipinski definition) is 2. The van der Waals surface area contributed by atoms with E-state index in [1.807, 2.05) is 0 Å². The van der Waals surface area contributed by atoms with Gasteiger partial charge in [-0.3, -0.25) is 9.59 Å². The molecule has 1 aliphatic heterocycles. The molecule has 3 rings (SSSR count). The van der Waals surface area contributed by atoms with Crippen LogP contribution in [-0.2, 0) is 15.8 Å². The third kappa shape index (κ3) is 4.76. The summed E-state index contributed by atoms with van der Waals surface area (Å²) in [6.07, 6.45) is -4.66. The van der Waals surface area contributed by atoms with E-state index in [9.17, 15) is 22.8 Å². The Kier molecular flexibility index (Phi) is 5.92. The zero-order valence-electron chi connectivity index (χ0n) is 15.4. The molecule has 1 aliphatic rings. The minimum Gasteiger partial charge on any atom is -0.497 e. The molecule has 0 bridgehead atoms. The van der Waals surface area contributed by atoms with Gasteiger partial charge in [0.1, 0.15) is 11.5 Å². The monoisotopic (exact) mass is 426 g/mol. The standard InChI is InChI=1S/C19H17F3N2O4S/c1-27-11-4-5-12(14(8-11)28-2)23-17(25)9-16-18(26)24-13-7-10(19(20,21)22)3-6-15(13)29-16/h3-8,16H,9H2,1-2H3,(H,23,25)(H,24,26)/t16-/m1/s1. The fraction of sp³-hybridized carbons (Fsp3) is 0.263. The normalized spacial score (nSPS) is 15.9. The van der Waals surface area contributed by atoms with Crippen molar-refractivity contribution in [2.45, 2.75) is 22.7 Å². The largest absolute Gasteiger partial charge is 0.497 e. The quantitative estimate of drug-likeness (QED) is 0.751. The minimum atomic E-state index is -4.50. The zero-order valence-corrected chi connectivity index (χ0v) is 16.2. The highest BCUT2D eigenvalue weighted by molar-refractivity contribution is 8.01. The zero-order chi connectivity index (χ0) is 21.2. The molecule has 0 unspecified atom stereocenters. The molecule has 1 atom stereocenters. The van der Waals surface area contributed by atoms with Gasteiger partial charge in [0.25, 0.3) is 0 Å². The molecule has 2 amide bonds. The third-order valence-electron chi connectivity index (χ3n) is 4.18. The van der Waals surface area contributed by atoms with E-state index in [1.54, 1.807) is 18.2 Å². The van der Waals surface area contributed by atoms with E-state index in [4.69, 9.17) is 9.47 Å². The number of benzene rings is 2. The Balaban J connectivity index is 1.70. The van der Waals surface area contributed by atoms with Crippen LogP contribution in [0.15, 0.2) is 41.3 Å². The Morgan fingerprint density at radius 2 is 1.93 bits per heavy atom. The van der Waals surface area contributed by atoms with Gasteiger partial charge in [-0.25, -0.2) is 0 Å². The number of carbonyl (C=O) groups excluding carboxylic acids is 2. The van der Waals surface area contributed by atoms with E-state index in [0.717, 1.165) is 23.9 Å². The van der Waals surface area contributed by atoms with Gasteiger partial charge in [0.05, 0.1) is 36.4 Å². The van der Waals surface area contributed by atoms with Gasteiger partial charge in [-0.05, 0) is 30.3 Å². The first-order chi connectivity index (χ1) is 13.7. The van der Waals surface area contributed by atoms with Crippen LogP contribution in [0.5, 0.6) is 11.5 Å². The van der Waals surface area contributed by atoms with Crippen molar-refractivity contribution in [1.29, 1.82) is 0 Å². The van der Waals surface area contributed by atoms with Crippen molar-refractivity contribution in [2.75, 3.05) is 24.9 Å². The van der Waals surface area contributed by atoms with Crippen molar-refractivity contribution < 1.29 is 32.2 Å². The molecule has 0 fully saturated rings. The topological polar surface area (TPSA) is 76.7 Å². The Labute approximate surface area is 168 Å². The van der Waals surface area contributed by atoms with E-state index in [1.165, 1.54) is 20.3 Å². The number of nitrogens with one attached hydrogen (secondary N) is 2. The van der Waals surface area contributed by atoms with Crippen LogP contribution in [0.1, 0.15) is 12.0 Å². The van der Waals surface area contributed by atoms with Crippen LogP contribution in [0.2, 0.25) is 0 Å². The second-order valence-corrected chi connectivity index (χ2v) is 7.37. The minimum absolute atomic E-state index is 0.0864. The number of rotatable bonds is 5. The predicted molar refractivity (Wildman–Crippen MR) is 103 cm³/mol. The highest BCUT2D eigenvalue weighted by atomic mass is 32.2. The maximum absolute atomic E-state index is 12.8. The number of halogens is 3. The molecule has 2 aromatic rings. The number of anilines is 2. The van der Waals surface area contributed by atoms with E-state index >= 15 is 0 Å². The summed E-state index contributed by atoms with van der Waals surface area (Å²) in [5.74, 6) is -0.0180. The summed E-state index contributed by atoms with van der Waals surface area (Å²) in [5, 5.41) is 4.35. The molecule has 0 aromatic heterocycles. The van der Waals surface area contributed by atoms with Gasteiger partial charge < -0.3 is 20.1 Å². The number of hydrogen-bond acceptors (Lipinski definition) is 5. The summed E-state index contributed by atoms with van der Waals surface area (Å²) < 4.78 is 48.8. The molecule has 154 valence electrons. The highest BCUT2D eigenvalue weighted by Gasteiger charge is 2.34. The van der Waals surface area contributed by atoms with Crippen LogP contribution in [0.4, 0.5) is 24.5 Å². The number of ether oxygens (including phenoxy) is 2. The second kappa shape index (κ2) is 8.24. The average Bonchev–Trinajstić information content (AvgIpc) is 2.67. The Morgan fingerprint density at radius 3 is 2.59 bits per heavy atom. The van der Waals surface area contributed by atoms with Crippen LogP contribution in [0.3, 0.4) is 0 Å². The van der Waals surface area contributed by atoms with Gasteiger partial charge in [-0.2, -0.15) is 13.2 Å². The molecule has 0 aliphatic carbocycles. The fourth-order valence-electron chi connectivity index (χ4n) is 2.73. The number of carbonyl (C=O) groups is 2. The van der Waals surface area contributed by atoms with Gasteiger partial charge in [0.2, 0.25) is 11.8 Å². The average molecular weight is 426 g/mol. The molecule has 29 heavy (non-hydrogen) atoms. The van der Waals surface area contributed by atoms with Crippen molar-refractivity contribution in [3.8, 4) is 11.5 Å². The Bertz CT molecular complexity index is 950. The van der Waals surface area contributed by atoms with E-state index < -0.39 is 28.8 Å². The highest BCUT2D eigenvalue weighted by Crippen LogP contribution is 2.40. The summed E-state index contributed by atoms with van der Waals surface area (Å²) in [4.78, 5) is 25.2. The molecule has 0 saturated heterocycles.